The maximum absolute atomic E-state index is 14.1. The smallest absolute Gasteiger partial charge is 0.133 e. The van der Waals surface area contributed by atoms with Crippen molar-refractivity contribution in [1.29, 1.82) is 0 Å². The third-order valence-corrected chi connectivity index (χ3v) is 2.98. The van der Waals surface area contributed by atoms with Crippen molar-refractivity contribution in [3.05, 3.63) is 29.8 Å². The molecule has 0 amide bonds. The van der Waals surface area contributed by atoms with Crippen LogP contribution in [0.4, 0.5) is 4.39 Å². The van der Waals surface area contributed by atoms with Crippen LogP contribution in [0.2, 0.25) is 0 Å². The second-order valence-electron chi connectivity index (χ2n) is 4.07. The average molecular weight is 209 g/mol. The summed E-state index contributed by atoms with van der Waals surface area (Å²) in [6, 6.07) is 6.68. The molecule has 1 aliphatic rings. The SMILES string of the molecule is Oc1ccccc1C(F)C1CCCNC1. The van der Waals surface area contributed by atoms with Gasteiger partial charge in [0.1, 0.15) is 11.9 Å². The molecule has 15 heavy (non-hydrogen) atoms. The molecule has 0 saturated carbocycles. The third kappa shape index (κ3) is 2.29. The summed E-state index contributed by atoms with van der Waals surface area (Å²) >= 11 is 0. The molecule has 2 atom stereocenters. The van der Waals surface area contributed by atoms with Gasteiger partial charge in [0.05, 0.1) is 0 Å². The van der Waals surface area contributed by atoms with Crippen molar-refractivity contribution in [1.82, 2.24) is 5.32 Å². The van der Waals surface area contributed by atoms with Crippen molar-refractivity contribution in [2.45, 2.75) is 19.0 Å². The van der Waals surface area contributed by atoms with E-state index < -0.39 is 6.17 Å². The highest BCUT2D eigenvalue weighted by Crippen LogP contribution is 2.35. The molecule has 1 aliphatic heterocycles. The van der Waals surface area contributed by atoms with E-state index in [4.69, 9.17) is 0 Å². The first kappa shape index (κ1) is 10.4. The average Bonchev–Trinajstić information content (AvgIpc) is 2.30. The van der Waals surface area contributed by atoms with Crippen LogP contribution in [0, 0.1) is 5.92 Å². The highest BCUT2D eigenvalue weighted by atomic mass is 19.1. The van der Waals surface area contributed by atoms with E-state index in [1.54, 1.807) is 18.2 Å². The normalized spacial score (nSPS) is 23.7. The van der Waals surface area contributed by atoms with Crippen molar-refractivity contribution in [3.8, 4) is 5.75 Å². The molecule has 1 saturated heterocycles. The summed E-state index contributed by atoms with van der Waals surface area (Å²) in [5, 5.41) is 12.7. The Morgan fingerprint density at radius 3 is 2.87 bits per heavy atom. The molecule has 0 aromatic heterocycles. The molecule has 2 nitrogen and oxygen atoms in total. The topological polar surface area (TPSA) is 32.3 Å². The molecule has 0 bridgehead atoms. The highest BCUT2D eigenvalue weighted by molar-refractivity contribution is 5.34. The zero-order valence-corrected chi connectivity index (χ0v) is 8.62. The molecular weight excluding hydrogens is 193 g/mol. The number of phenols is 1. The molecule has 0 aliphatic carbocycles. The van der Waals surface area contributed by atoms with Gasteiger partial charge in [-0.15, -0.1) is 0 Å². The maximum Gasteiger partial charge on any atom is 0.133 e. The minimum absolute atomic E-state index is 0.00736. The minimum Gasteiger partial charge on any atom is -0.508 e. The van der Waals surface area contributed by atoms with Gasteiger partial charge >= 0.3 is 0 Å². The fourth-order valence-corrected chi connectivity index (χ4v) is 2.10. The number of rotatable bonds is 2. The van der Waals surface area contributed by atoms with Crippen LogP contribution in [0.25, 0.3) is 0 Å². The predicted molar refractivity (Wildman–Crippen MR) is 57.5 cm³/mol. The second kappa shape index (κ2) is 4.62. The van der Waals surface area contributed by atoms with E-state index in [2.05, 4.69) is 5.32 Å². The van der Waals surface area contributed by atoms with Crippen molar-refractivity contribution in [2.75, 3.05) is 13.1 Å². The van der Waals surface area contributed by atoms with E-state index in [1.807, 2.05) is 0 Å². The Hall–Kier alpha value is -1.09. The maximum atomic E-state index is 14.1. The Bertz CT molecular complexity index is 323. The Morgan fingerprint density at radius 1 is 1.40 bits per heavy atom. The van der Waals surface area contributed by atoms with Crippen LogP contribution in [0.3, 0.4) is 0 Å². The van der Waals surface area contributed by atoms with Gasteiger partial charge in [-0.3, -0.25) is 0 Å². The van der Waals surface area contributed by atoms with Gasteiger partial charge in [-0.2, -0.15) is 0 Å². The van der Waals surface area contributed by atoms with Crippen molar-refractivity contribution >= 4 is 0 Å². The zero-order valence-electron chi connectivity index (χ0n) is 8.62. The number of benzene rings is 1. The van der Waals surface area contributed by atoms with Crippen molar-refractivity contribution in [2.24, 2.45) is 5.92 Å². The molecule has 0 radical (unpaired) electrons. The van der Waals surface area contributed by atoms with Gasteiger partial charge in [0, 0.05) is 18.0 Å². The van der Waals surface area contributed by atoms with E-state index in [0.717, 1.165) is 19.4 Å². The number of piperidine rings is 1. The number of phenolic OH excluding ortho intramolecular Hbond substituents is 1. The first-order valence-corrected chi connectivity index (χ1v) is 5.41. The zero-order chi connectivity index (χ0) is 10.7. The number of hydrogen-bond acceptors (Lipinski definition) is 2. The number of aromatic hydroxyl groups is 1. The molecule has 0 spiro atoms. The van der Waals surface area contributed by atoms with Crippen LogP contribution in [0.1, 0.15) is 24.6 Å². The van der Waals surface area contributed by atoms with Crippen LogP contribution in [0.5, 0.6) is 5.75 Å². The summed E-state index contributed by atoms with van der Waals surface area (Å²) in [5.74, 6) is 0.0580. The molecule has 2 N–H and O–H groups in total. The summed E-state index contributed by atoms with van der Waals surface area (Å²) in [6.45, 7) is 1.68. The van der Waals surface area contributed by atoms with Crippen LogP contribution < -0.4 is 5.32 Å². The monoisotopic (exact) mass is 209 g/mol. The van der Waals surface area contributed by atoms with Crippen LogP contribution in [-0.4, -0.2) is 18.2 Å². The van der Waals surface area contributed by atoms with E-state index in [1.165, 1.54) is 6.07 Å². The summed E-state index contributed by atoms with van der Waals surface area (Å²) in [4.78, 5) is 0. The standard InChI is InChI=1S/C12H16FNO/c13-12(9-4-3-7-14-8-9)10-5-1-2-6-11(10)15/h1-2,5-6,9,12,14-15H,3-4,7-8H2. The highest BCUT2D eigenvalue weighted by Gasteiger charge is 2.26. The van der Waals surface area contributed by atoms with E-state index in [-0.39, 0.29) is 11.7 Å². The molecule has 2 unspecified atom stereocenters. The molecule has 1 fully saturated rings. The lowest BCUT2D eigenvalue weighted by Crippen LogP contribution is -2.32. The molecule has 1 aromatic rings. The van der Waals surface area contributed by atoms with Gasteiger partial charge < -0.3 is 10.4 Å². The molecule has 2 rings (SSSR count). The first-order valence-electron chi connectivity index (χ1n) is 5.41. The minimum atomic E-state index is -1.06. The van der Waals surface area contributed by atoms with Crippen LogP contribution >= 0.6 is 0 Å². The lowest BCUT2D eigenvalue weighted by atomic mass is 9.90. The van der Waals surface area contributed by atoms with Gasteiger partial charge in [-0.25, -0.2) is 4.39 Å². The van der Waals surface area contributed by atoms with Crippen LogP contribution in [0.15, 0.2) is 24.3 Å². The summed E-state index contributed by atoms with van der Waals surface area (Å²) in [7, 11) is 0. The molecule has 3 heteroatoms. The largest absolute Gasteiger partial charge is 0.508 e. The Balaban J connectivity index is 2.12. The molecule has 1 aromatic carbocycles. The quantitative estimate of drug-likeness (QED) is 0.784. The molecule has 82 valence electrons. The lowest BCUT2D eigenvalue weighted by Gasteiger charge is -2.26. The van der Waals surface area contributed by atoms with Crippen LogP contribution in [-0.2, 0) is 0 Å². The van der Waals surface area contributed by atoms with Gasteiger partial charge in [-0.1, -0.05) is 18.2 Å². The number of halogens is 1. The lowest BCUT2D eigenvalue weighted by molar-refractivity contribution is 0.190. The molecular formula is C12H16FNO. The second-order valence-corrected chi connectivity index (χ2v) is 4.07. The van der Waals surface area contributed by atoms with Gasteiger partial charge in [0.2, 0.25) is 0 Å². The first-order chi connectivity index (χ1) is 7.29. The Morgan fingerprint density at radius 2 is 2.20 bits per heavy atom. The number of alkyl halides is 1. The summed E-state index contributed by atoms with van der Waals surface area (Å²) in [5.41, 5.74) is 0.422. The number of para-hydroxylation sites is 1. The van der Waals surface area contributed by atoms with E-state index >= 15 is 0 Å². The fourth-order valence-electron chi connectivity index (χ4n) is 2.10. The summed E-state index contributed by atoms with van der Waals surface area (Å²) in [6.07, 6.45) is 0.847. The number of nitrogens with one attached hydrogen (secondary N) is 1. The fraction of sp³-hybridized carbons (Fsp3) is 0.500. The number of hydrogen-bond donors (Lipinski definition) is 2. The molecule has 1 heterocycles. The van der Waals surface area contributed by atoms with Gasteiger partial charge in [0.25, 0.3) is 0 Å². The van der Waals surface area contributed by atoms with Gasteiger partial charge in [-0.05, 0) is 25.5 Å². The third-order valence-electron chi connectivity index (χ3n) is 2.98. The van der Waals surface area contributed by atoms with Crippen molar-refractivity contribution < 1.29 is 9.50 Å². The summed E-state index contributed by atoms with van der Waals surface area (Å²) < 4.78 is 14.1. The predicted octanol–water partition coefficient (Wildman–Crippen LogP) is 2.40. The van der Waals surface area contributed by atoms with Gasteiger partial charge in [0.15, 0.2) is 0 Å². The Labute approximate surface area is 89.1 Å². The van der Waals surface area contributed by atoms with E-state index in [9.17, 15) is 9.50 Å². The van der Waals surface area contributed by atoms with Crippen molar-refractivity contribution in [3.63, 3.8) is 0 Å². The Kier molecular flexibility index (Phi) is 3.21. The van der Waals surface area contributed by atoms with E-state index in [0.29, 0.717) is 12.1 Å².